The van der Waals surface area contributed by atoms with E-state index in [1.165, 1.54) is 12.1 Å². The second-order valence-electron chi connectivity index (χ2n) is 6.09. The predicted octanol–water partition coefficient (Wildman–Crippen LogP) is 2.08. The Kier molecular flexibility index (Phi) is 5.73. The van der Waals surface area contributed by atoms with E-state index in [9.17, 15) is 13.2 Å². The third-order valence-electron chi connectivity index (χ3n) is 3.31. The number of rotatable bonds is 4. The number of primary sulfonamides is 1. The van der Waals surface area contributed by atoms with Crippen LogP contribution in [0, 0.1) is 5.41 Å². The van der Waals surface area contributed by atoms with Crippen molar-refractivity contribution in [1.82, 2.24) is 10.6 Å². The molecule has 0 atom stereocenters. The van der Waals surface area contributed by atoms with E-state index < -0.39 is 10.0 Å². The van der Waals surface area contributed by atoms with Gasteiger partial charge in [-0.2, -0.15) is 0 Å². The van der Waals surface area contributed by atoms with Gasteiger partial charge in [-0.25, -0.2) is 18.4 Å². The summed E-state index contributed by atoms with van der Waals surface area (Å²) in [6.07, 6.45) is 1.68. The zero-order valence-corrected chi connectivity index (χ0v) is 14.1. The number of nitrogens with two attached hydrogens (primary N) is 1. The number of allylic oxidation sites excluding steroid dienone is 1. The fourth-order valence-corrected chi connectivity index (χ4v) is 1.94. The number of hydrogen-bond donors (Lipinski definition) is 3. The molecule has 0 saturated carbocycles. The minimum absolute atomic E-state index is 0.00315. The Balaban J connectivity index is 2.55. The number of amides is 2. The molecule has 7 heteroatoms. The van der Waals surface area contributed by atoms with Crippen molar-refractivity contribution in [1.29, 1.82) is 0 Å². The first-order valence-electron chi connectivity index (χ1n) is 6.83. The summed E-state index contributed by atoms with van der Waals surface area (Å²) in [4.78, 5) is 11.7. The lowest BCUT2D eigenvalue weighted by molar-refractivity contribution is 0.243. The fraction of sp³-hybridized carbons (Fsp3) is 0.400. The zero-order valence-electron chi connectivity index (χ0n) is 13.3. The quantitative estimate of drug-likeness (QED) is 0.790. The Morgan fingerprint density at radius 2 is 1.77 bits per heavy atom. The molecule has 0 saturated heterocycles. The maximum absolute atomic E-state index is 11.7. The number of hydrogen-bond acceptors (Lipinski definition) is 3. The lowest BCUT2D eigenvalue weighted by atomic mass is 9.88. The predicted molar refractivity (Wildman–Crippen MR) is 86.4 cm³/mol. The molecule has 0 heterocycles. The molecule has 2 amide bonds. The van der Waals surface area contributed by atoms with Crippen LogP contribution in [0.3, 0.4) is 0 Å². The van der Waals surface area contributed by atoms with E-state index in [1.54, 1.807) is 18.3 Å². The van der Waals surface area contributed by atoms with Crippen molar-refractivity contribution < 1.29 is 13.2 Å². The molecule has 1 aromatic carbocycles. The molecule has 0 aliphatic carbocycles. The van der Waals surface area contributed by atoms with Crippen molar-refractivity contribution in [2.45, 2.75) is 39.1 Å². The van der Waals surface area contributed by atoms with Crippen LogP contribution in [0.4, 0.5) is 4.79 Å². The van der Waals surface area contributed by atoms with Gasteiger partial charge in [-0.05, 0) is 30.0 Å². The van der Waals surface area contributed by atoms with Gasteiger partial charge >= 0.3 is 6.03 Å². The maximum atomic E-state index is 11.7. The number of urea groups is 1. The fourth-order valence-electron chi connectivity index (χ4n) is 1.42. The monoisotopic (exact) mass is 325 g/mol. The molecule has 0 bridgehead atoms. The summed E-state index contributed by atoms with van der Waals surface area (Å²) in [6, 6.07) is 5.72. The molecule has 0 aliphatic rings. The van der Waals surface area contributed by atoms with Gasteiger partial charge in [0.25, 0.3) is 0 Å². The van der Waals surface area contributed by atoms with E-state index >= 15 is 0 Å². The normalized spacial score (nSPS) is 12.9. The molecule has 22 heavy (non-hydrogen) atoms. The van der Waals surface area contributed by atoms with E-state index in [-0.39, 0.29) is 16.3 Å². The average molecular weight is 325 g/mol. The first kappa shape index (κ1) is 18.2. The maximum Gasteiger partial charge on any atom is 0.319 e. The standard InChI is InChI=1S/C15H23N3O3S/c1-11(15(2,3)4)9-17-14(19)18-10-12-5-7-13(8-6-12)22(16,20)21/h5-9H,10H2,1-4H3,(H2,16,20,21)(H2,17,18,19)/b11-9+. The first-order chi connectivity index (χ1) is 10.00. The third-order valence-corrected chi connectivity index (χ3v) is 4.24. The van der Waals surface area contributed by atoms with Crippen molar-refractivity contribution in [3.8, 4) is 0 Å². The molecule has 6 nitrogen and oxygen atoms in total. The first-order valence-corrected chi connectivity index (χ1v) is 8.38. The van der Waals surface area contributed by atoms with E-state index in [0.29, 0.717) is 6.54 Å². The lowest BCUT2D eigenvalue weighted by Gasteiger charge is -2.19. The SMILES string of the molecule is C/C(=C\NC(=O)NCc1ccc(S(N)(=O)=O)cc1)C(C)(C)C. The largest absolute Gasteiger partial charge is 0.334 e. The molecule has 122 valence electrons. The van der Waals surface area contributed by atoms with Gasteiger partial charge in [0.1, 0.15) is 0 Å². The average Bonchev–Trinajstić information content (AvgIpc) is 2.40. The molecule has 1 aromatic rings. The summed E-state index contributed by atoms with van der Waals surface area (Å²) in [5.74, 6) is 0. The van der Waals surface area contributed by atoms with E-state index in [4.69, 9.17) is 5.14 Å². The molecule has 0 unspecified atom stereocenters. The topological polar surface area (TPSA) is 101 Å². The Hall–Kier alpha value is -1.86. The highest BCUT2D eigenvalue weighted by Crippen LogP contribution is 2.23. The van der Waals surface area contributed by atoms with Crippen LogP contribution in [0.5, 0.6) is 0 Å². The molecular weight excluding hydrogens is 302 g/mol. The second-order valence-corrected chi connectivity index (χ2v) is 7.65. The Labute approximate surface area is 131 Å². The molecule has 4 N–H and O–H groups in total. The number of benzene rings is 1. The van der Waals surface area contributed by atoms with Gasteiger partial charge in [-0.3, -0.25) is 0 Å². The van der Waals surface area contributed by atoms with Crippen LogP contribution in [0.2, 0.25) is 0 Å². The van der Waals surface area contributed by atoms with E-state index in [0.717, 1.165) is 11.1 Å². The summed E-state index contributed by atoms with van der Waals surface area (Å²) < 4.78 is 22.3. The van der Waals surface area contributed by atoms with Crippen LogP contribution in [0.15, 0.2) is 40.9 Å². The zero-order chi connectivity index (χ0) is 17.0. The lowest BCUT2D eigenvalue weighted by Crippen LogP contribution is -2.32. The van der Waals surface area contributed by atoms with Crippen molar-refractivity contribution in [3.05, 3.63) is 41.6 Å². The minimum atomic E-state index is -3.69. The van der Waals surface area contributed by atoms with Crippen LogP contribution in [-0.2, 0) is 16.6 Å². The third kappa shape index (κ3) is 5.87. The molecule has 0 aromatic heterocycles. The van der Waals surface area contributed by atoms with Crippen LogP contribution in [-0.4, -0.2) is 14.4 Å². The van der Waals surface area contributed by atoms with E-state index in [2.05, 4.69) is 31.4 Å². The van der Waals surface area contributed by atoms with Crippen molar-refractivity contribution in [2.75, 3.05) is 0 Å². The molecule has 0 fully saturated rings. The second kappa shape index (κ2) is 6.93. The van der Waals surface area contributed by atoms with Crippen molar-refractivity contribution in [3.63, 3.8) is 0 Å². The Bertz CT molecular complexity index is 656. The molecule has 0 spiro atoms. The Morgan fingerprint density at radius 1 is 1.23 bits per heavy atom. The van der Waals surface area contributed by atoms with E-state index in [1.807, 2.05) is 6.92 Å². The number of nitrogens with one attached hydrogen (secondary N) is 2. The van der Waals surface area contributed by atoms with Gasteiger partial charge in [0.15, 0.2) is 0 Å². The van der Waals surface area contributed by atoms with Gasteiger partial charge in [0.2, 0.25) is 10.0 Å². The molecule has 0 radical (unpaired) electrons. The highest BCUT2D eigenvalue weighted by atomic mass is 32.2. The van der Waals surface area contributed by atoms with Gasteiger partial charge in [-0.1, -0.05) is 38.5 Å². The van der Waals surface area contributed by atoms with Crippen LogP contribution >= 0.6 is 0 Å². The number of sulfonamides is 1. The molecule has 1 rings (SSSR count). The number of carbonyl (C=O) groups is 1. The van der Waals surface area contributed by atoms with Gasteiger partial charge in [0, 0.05) is 12.7 Å². The molecular formula is C15H23N3O3S. The van der Waals surface area contributed by atoms with Crippen molar-refractivity contribution >= 4 is 16.1 Å². The van der Waals surface area contributed by atoms with Crippen LogP contribution < -0.4 is 15.8 Å². The Morgan fingerprint density at radius 3 is 2.23 bits per heavy atom. The van der Waals surface area contributed by atoms with Crippen LogP contribution in [0.25, 0.3) is 0 Å². The smallest absolute Gasteiger partial charge is 0.319 e. The van der Waals surface area contributed by atoms with Crippen LogP contribution in [0.1, 0.15) is 33.3 Å². The summed E-state index contributed by atoms with van der Waals surface area (Å²) in [6.45, 7) is 8.42. The van der Waals surface area contributed by atoms with Gasteiger partial charge in [-0.15, -0.1) is 0 Å². The van der Waals surface area contributed by atoms with Gasteiger partial charge < -0.3 is 10.6 Å². The number of carbonyl (C=O) groups excluding carboxylic acids is 1. The molecule has 0 aliphatic heterocycles. The summed E-state index contributed by atoms with van der Waals surface area (Å²) in [5.41, 5.74) is 1.83. The highest BCUT2D eigenvalue weighted by Gasteiger charge is 2.12. The van der Waals surface area contributed by atoms with Gasteiger partial charge in [0.05, 0.1) is 4.90 Å². The van der Waals surface area contributed by atoms with Crippen molar-refractivity contribution in [2.24, 2.45) is 10.6 Å². The summed E-state index contributed by atoms with van der Waals surface area (Å²) in [5, 5.41) is 10.4. The summed E-state index contributed by atoms with van der Waals surface area (Å²) in [7, 11) is -3.69. The summed E-state index contributed by atoms with van der Waals surface area (Å²) >= 11 is 0. The minimum Gasteiger partial charge on any atom is -0.334 e. The highest BCUT2D eigenvalue weighted by molar-refractivity contribution is 7.89.